The molecule has 3 aromatic rings. The van der Waals surface area contributed by atoms with Crippen molar-refractivity contribution in [3.05, 3.63) is 75.9 Å². The summed E-state index contributed by atoms with van der Waals surface area (Å²) in [5, 5.41) is 17.2. The monoisotopic (exact) mass is 474 g/mol. The Morgan fingerprint density at radius 2 is 1.91 bits per heavy atom. The first kappa shape index (κ1) is 22.0. The summed E-state index contributed by atoms with van der Waals surface area (Å²) in [5.41, 5.74) is 9.70. The van der Waals surface area contributed by atoms with Crippen molar-refractivity contribution in [2.45, 2.75) is 37.9 Å². The van der Waals surface area contributed by atoms with Crippen molar-refractivity contribution in [1.29, 1.82) is 5.26 Å². The quantitative estimate of drug-likeness (QED) is 0.600. The van der Waals surface area contributed by atoms with Gasteiger partial charge in [-0.05, 0) is 48.6 Å². The second-order valence-corrected chi connectivity index (χ2v) is 9.17. The Bertz CT molecular complexity index is 1300. The molecule has 0 spiro atoms. The highest BCUT2D eigenvalue weighted by Gasteiger charge is 2.34. The zero-order chi connectivity index (χ0) is 23.8. The van der Waals surface area contributed by atoms with E-state index in [1.54, 1.807) is 27.8 Å². The van der Waals surface area contributed by atoms with Crippen LogP contribution in [-0.2, 0) is 13.1 Å². The Morgan fingerprint density at radius 1 is 1.15 bits per heavy atom. The highest BCUT2D eigenvalue weighted by atomic mass is 35.5. The first-order valence-corrected chi connectivity index (χ1v) is 11.5. The van der Waals surface area contributed by atoms with Crippen molar-refractivity contribution >= 4 is 23.5 Å². The molecule has 1 fully saturated rings. The number of carbonyl (C=O) groups excluding carboxylic acids is 2. The summed E-state index contributed by atoms with van der Waals surface area (Å²) in [6.45, 7) is 1.21. The SMILES string of the molecule is N#Cc1ccc([C@H]2C[C@H](NC(=O)N3CCn4nc(-c5cccc(Cl)c5)c(C(N)=O)c4C3)C2)cc1. The highest BCUT2D eigenvalue weighted by Crippen LogP contribution is 2.37. The summed E-state index contributed by atoms with van der Waals surface area (Å²) in [5.74, 6) is -0.203. The van der Waals surface area contributed by atoms with E-state index in [1.807, 2.05) is 30.3 Å². The number of aromatic nitrogens is 2. The molecule has 5 rings (SSSR count). The molecule has 0 radical (unpaired) electrons. The van der Waals surface area contributed by atoms with Crippen LogP contribution in [0, 0.1) is 11.3 Å². The maximum absolute atomic E-state index is 13.0. The first-order valence-electron chi connectivity index (χ1n) is 11.1. The number of amides is 3. The fourth-order valence-electron chi connectivity index (χ4n) is 4.69. The summed E-state index contributed by atoms with van der Waals surface area (Å²) in [6.07, 6.45) is 1.71. The number of benzene rings is 2. The number of halogens is 1. The third-order valence-electron chi connectivity index (χ3n) is 6.59. The number of primary amides is 1. The number of nitrogens with two attached hydrogens (primary N) is 1. The molecule has 0 bridgehead atoms. The van der Waals surface area contributed by atoms with Crippen LogP contribution in [-0.4, -0.2) is 39.2 Å². The molecule has 1 aromatic heterocycles. The van der Waals surface area contributed by atoms with Gasteiger partial charge in [-0.25, -0.2) is 4.79 Å². The second-order valence-electron chi connectivity index (χ2n) is 8.74. The zero-order valence-electron chi connectivity index (χ0n) is 18.4. The van der Waals surface area contributed by atoms with Gasteiger partial charge in [0.2, 0.25) is 0 Å². The van der Waals surface area contributed by atoms with Crippen LogP contribution >= 0.6 is 11.6 Å². The minimum absolute atomic E-state index is 0.0950. The molecule has 34 heavy (non-hydrogen) atoms. The molecule has 0 saturated heterocycles. The molecule has 3 N–H and O–H groups in total. The maximum Gasteiger partial charge on any atom is 0.318 e. The lowest BCUT2D eigenvalue weighted by molar-refractivity contribution is 0.0997. The van der Waals surface area contributed by atoms with Crippen molar-refractivity contribution in [3.8, 4) is 17.3 Å². The number of urea groups is 1. The number of hydrogen-bond acceptors (Lipinski definition) is 4. The molecule has 2 aliphatic rings. The van der Waals surface area contributed by atoms with E-state index in [9.17, 15) is 9.59 Å². The smallest absolute Gasteiger partial charge is 0.318 e. The molecule has 8 nitrogen and oxygen atoms in total. The van der Waals surface area contributed by atoms with E-state index in [0.29, 0.717) is 52.1 Å². The Hall–Kier alpha value is -3.83. The topological polar surface area (TPSA) is 117 Å². The van der Waals surface area contributed by atoms with Crippen molar-refractivity contribution in [1.82, 2.24) is 20.0 Å². The summed E-state index contributed by atoms with van der Waals surface area (Å²) in [4.78, 5) is 27.0. The van der Waals surface area contributed by atoms with E-state index in [2.05, 4.69) is 16.5 Å². The molecular formula is C25H23ClN6O2. The number of nitriles is 1. The van der Waals surface area contributed by atoms with Gasteiger partial charge in [0.05, 0.1) is 36.0 Å². The van der Waals surface area contributed by atoms with Gasteiger partial charge in [-0.3, -0.25) is 9.48 Å². The van der Waals surface area contributed by atoms with Crippen LogP contribution in [0.4, 0.5) is 4.79 Å². The number of rotatable bonds is 4. The van der Waals surface area contributed by atoms with Gasteiger partial charge in [0, 0.05) is 23.2 Å². The van der Waals surface area contributed by atoms with Gasteiger partial charge >= 0.3 is 6.03 Å². The number of carbonyl (C=O) groups is 2. The lowest BCUT2D eigenvalue weighted by Crippen LogP contribution is -2.51. The predicted molar refractivity (Wildman–Crippen MR) is 127 cm³/mol. The largest absolute Gasteiger partial charge is 0.365 e. The standard InChI is InChI=1S/C25H23ClN6O2/c26-19-3-1-2-17(10-19)23-22(24(28)33)21-14-31(8-9-32(21)30-23)25(34)29-20-11-18(12-20)16-6-4-15(13-27)5-7-16/h1-7,10,18,20H,8-9,11-12,14H2,(H2,28,33)(H,29,34)/t18-,20-. The summed E-state index contributed by atoms with van der Waals surface area (Å²) >= 11 is 6.12. The normalized spacial score (nSPS) is 19.0. The average Bonchev–Trinajstić information content (AvgIpc) is 3.20. The van der Waals surface area contributed by atoms with Crippen molar-refractivity contribution in [2.24, 2.45) is 5.73 Å². The summed E-state index contributed by atoms with van der Waals surface area (Å²) < 4.78 is 1.75. The molecule has 172 valence electrons. The summed E-state index contributed by atoms with van der Waals surface area (Å²) in [7, 11) is 0. The lowest BCUT2D eigenvalue weighted by atomic mass is 9.76. The summed E-state index contributed by atoms with van der Waals surface area (Å²) in [6, 6.07) is 16.8. The highest BCUT2D eigenvalue weighted by molar-refractivity contribution is 6.30. The Labute approximate surface area is 201 Å². The third-order valence-corrected chi connectivity index (χ3v) is 6.82. The van der Waals surface area contributed by atoms with Gasteiger partial charge in [0.25, 0.3) is 5.91 Å². The van der Waals surface area contributed by atoms with E-state index in [4.69, 9.17) is 22.6 Å². The van der Waals surface area contributed by atoms with Crippen LogP contribution < -0.4 is 11.1 Å². The average molecular weight is 475 g/mol. The molecular weight excluding hydrogens is 452 g/mol. The van der Waals surface area contributed by atoms with Crippen LogP contribution in [0.3, 0.4) is 0 Å². The van der Waals surface area contributed by atoms with Crippen LogP contribution in [0.15, 0.2) is 48.5 Å². The molecule has 2 heterocycles. The molecule has 3 amide bonds. The van der Waals surface area contributed by atoms with Gasteiger partial charge in [0.15, 0.2) is 0 Å². The van der Waals surface area contributed by atoms with Crippen LogP contribution in [0.2, 0.25) is 5.02 Å². The van der Waals surface area contributed by atoms with E-state index < -0.39 is 5.91 Å². The minimum Gasteiger partial charge on any atom is -0.365 e. The van der Waals surface area contributed by atoms with Gasteiger partial charge in [-0.1, -0.05) is 35.9 Å². The van der Waals surface area contributed by atoms with Gasteiger partial charge < -0.3 is 16.0 Å². The molecule has 1 aliphatic carbocycles. The fourth-order valence-corrected chi connectivity index (χ4v) is 4.88. The first-order chi connectivity index (χ1) is 16.4. The number of fused-ring (bicyclic) bond motifs is 1. The van der Waals surface area contributed by atoms with Crippen LogP contribution in [0.25, 0.3) is 11.3 Å². The van der Waals surface area contributed by atoms with Gasteiger partial charge in [0.1, 0.15) is 5.69 Å². The van der Waals surface area contributed by atoms with Crippen LogP contribution in [0.1, 0.15) is 45.9 Å². The number of nitrogens with zero attached hydrogens (tertiary/aromatic N) is 4. The number of nitrogens with one attached hydrogen (secondary N) is 1. The molecule has 0 unspecified atom stereocenters. The minimum atomic E-state index is -0.581. The molecule has 1 saturated carbocycles. The Morgan fingerprint density at radius 3 is 2.59 bits per heavy atom. The van der Waals surface area contributed by atoms with E-state index in [1.165, 1.54) is 5.56 Å². The van der Waals surface area contributed by atoms with Crippen LogP contribution in [0.5, 0.6) is 0 Å². The number of hydrogen-bond donors (Lipinski definition) is 2. The van der Waals surface area contributed by atoms with Crippen molar-refractivity contribution < 1.29 is 9.59 Å². The van der Waals surface area contributed by atoms with Crippen molar-refractivity contribution in [3.63, 3.8) is 0 Å². The van der Waals surface area contributed by atoms with E-state index in [0.717, 1.165) is 12.8 Å². The molecule has 9 heteroatoms. The molecule has 0 atom stereocenters. The molecule has 2 aromatic carbocycles. The van der Waals surface area contributed by atoms with E-state index in [-0.39, 0.29) is 18.6 Å². The third kappa shape index (κ3) is 4.11. The Balaban J connectivity index is 1.26. The van der Waals surface area contributed by atoms with E-state index >= 15 is 0 Å². The fraction of sp³-hybridized carbons (Fsp3) is 0.280. The maximum atomic E-state index is 13.0. The second kappa shape index (κ2) is 8.84. The lowest BCUT2D eigenvalue weighted by Gasteiger charge is -2.38. The molecule has 1 aliphatic heterocycles. The van der Waals surface area contributed by atoms with Crippen molar-refractivity contribution in [2.75, 3.05) is 6.54 Å². The predicted octanol–water partition coefficient (Wildman–Crippen LogP) is 3.65. The van der Waals surface area contributed by atoms with Gasteiger partial charge in [-0.15, -0.1) is 0 Å². The zero-order valence-corrected chi connectivity index (χ0v) is 19.1. The van der Waals surface area contributed by atoms with Gasteiger partial charge in [-0.2, -0.15) is 10.4 Å². The Kier molecular flexibility index (Phi) is 5.72.